The molecule has 2 saturated carbocycles. The summed E-state index contributed by atoms with van der Waals surface area (Å²) in [5.74, 6) is -2.89. The number of alkyl halides is 3. The third-order valence-corrected chi connectivity index (χ3v) is 13.4. The number of hydrogen-bond donors (Lipinski definition) is 1. The quantitative estimate of drug-likeness (QED) is 0.303. The number of nitrogens with zero attached hydrogens (tertiary/aromatic N) is 2. The van der Waals surface area contributed by atoms with Gasteiger partial charge in [-0.05, 0) is 80.2 Å². The van der Waals surface area contributed by atoms with E-state index in [2.05, 4.69) is 4.98 Å². The number of H-pyrrole nitrogens is 1. The number of halogens is 3. The molecule has 0 spiro atoms. The van der Waals surface area contributed by atoms with Gasteiger partial charge in [0.15, 0.2) is 18.1 Å². The fourth-order valence-corrected chi connectivity index (χ4v) is 11.9. The Labute approximate surface area is 288 Å². The fourth-order valence-electron chi connectivity index (χ4n) is 9.02. The average molecular weight is 714 g/mol. The molecule has 7 atom stereocenters. The van der Waals surface area contributed by atoms with Crippen molar-refractivity contribution in [2.24, 2.45) is 29.6 Å². The summed E-state index contributed by atoms with van der Waals surface area (Å²) < 4.78 is 54.0. The first-order valence-electron chi connectivity index (χ1n) is 16.7. The molecule has 4 fully saturated rings. The third kappa shape index (κ3) is 5.28. The van der Waals surface area contributed by atoms with Crippen LogP contribution in [0.5, 0.6) is 11.5 Å². The normalized spacial score (nSPS) is 28.8. The minimum Gasteiger partial charge on any atom is -0.490 e. The number of likely N-dealkylation sites (tertiary alicyclic amines) is 1. The second kappa shape index (κ2) is 12.2. The van der Waals surface area contributed by atoms with Gasteiger partial charge in [0.2, 0.25) is 11.8 Å². The Kier molecular flexibility index (Phi) is 8.09. The predicted molar refractivity (Wildman–Crippen MR) is 176 cm³/mol. The number of aromatic amines is 1. The van der Waals surface area contributed by atoms with Gasteiger partial charge in [-0.25, -0.2) is 4.90 Å². The van der Waals surface area contributed by atoms with E-state index in [1.165, 1.54) is 30.0 Å². The largest absolute Gasteiger partial charge is 0.490 e. The number of fused-ring (bicyclic) bond motifs is 9. The minimum atomic E-state index is -4.74. The number of nitrogens with one attached hydrogen (secondary N) is 1. The lowest BCUT2D eigenvalue weighted by molar-refractivity contribution is -0.137. The molecular weight excluding hydrogens is 680 g/mol. The van der Waals surface area contributed by atoms with Gasteiger partial charge in [0, 0.05) is 29.1 Å². The molecule has 2 aliphatic carbocycles. The van der Waals surface area contributed by atoms with Crippen LogP contribution in [0.15, 0.2) is 52.3 Å². The van der Waals surface area contributed by atoms with Crippen LogP contribution in [0.25, 0.3) is 0 Å². The van der Waals surface area contributed by atoms with Gasteiger partial charge in [0.05, 0.1) is 34.7 Å². The van der Waals surface area contributed by atoms with Crippen LogP contribution < -0.4 is 19.2 Å². The number of rotatable bonds is 7. The SMILES string of the molecule is CCOc1cc([C@H]2c3sc(=O)[nH]c3SC3C4CC(C5C(=O)N(c6ccccc6C(F)(F)F)C(=O)C45)C32)ccc1OCC(=O)N1CCCCC1. The van der Waals surface area contributed by atoms with E-state index in [0.717, 1.165) is 52.0 Å². The molecule has 3 amide bonds. The molecular formula is C35H34F3N3O6S2. The van der Waals surface area contributed by atoms with Crippen molar-refractivity contribution in [3.63, 3.8) is 0 Å². The first-order valence-corrected chi connectivity index (χ1v) is 18.4. The molecule has 258 valence electrons. The van der Waals surface area contributed by atoms with E-state index in [1.807, 2.05) is 24.0 Å². The van der Waals surface area contributed by atoms with Gasteiger partial charge < -0.3 is 19.4 Å². The van der Waals surface area contributed by atoms with Gasteiger partial charge in [0.1, 0.15) is 0 Å². The van der Waals surface area contributed by atoms with Crippen molar-refractivity contribution in [3.8, 4) is 11.5 Å². The highest BCUT2D eigenvalue weighted by molar-refractivity contribution is 8.00. The van der Waals surface area contributed by atoms with Crippen LogP contribution >= 0.6 is 23.1 Å². The number of thioether (sulfide) groups is 1. The van der Waals surface area contributed by atoms with E-state index >= 15 is 0 Å². The minimum absolute atomic E-state index is 0.0840. The maximum absolute atomic E-state index is 14.1. The summed E-state index contributed by atoms with van der Waals surface area (Å²) in [6, 6.07) is 10.3. The van der Waals surface area contributed by atoms with Crippen molar-refractivity contribution in [1.29, 1.82) is 0 Å². The lowest BCUT2D eigenvalue weighted by Crippen LogP contribution is -2.42. The summed E-state index contributed by atoms with van der Waals surface area (Å²) in [4.78, 5) is 59.7. The Bertz CT molecular complexity index is 1890. The van der Waals surface area contributed by atoms with Crippen molar-refractivity contribution in [1.82, 2.24) is 9.88 Å². The highest BCUT2D eigenvalue weighted by Crippen LogP contribution is 2.69. The van der Waals surface area contributed by atoms with Crippen molar-refractivity contribution in [3.05, 3.63) is 68.1 Å². The van der Waals surface area contributed by atoms with Crippen molar-refractivity contribution in [2.75, 3.05) is 31.2 Å². The molecule has 1 N–H and O–H groups in total. The Morgan fingerprint density at radius 3 is 2.43 bits per heavy atom. The molecule has 49 heavy (non-hydrogen) atoms. The zero-order chi connectivity index (χ0) is 34.2. The summed E-state index contributed by atoms with van der Waals surface area (Å²) in [5.41, 5.74) is -0.605. The van der Waals surface area contributed by atoms with E-state index in [1.54, 1.807) is 6.07 Å². The molecule has 3 aromatic rings. The molecule has 3 aliphatic heterocycles. The number of imide groups is 1. The number of thiazole rings is 1. The first-order chi connectivity index (χ1) is 23.6. The number of carbonyl (C=O) groups is 3. The number of hydrogen-bond acceptors (Lipinski definition) is 8. The number of benzene rings is 2. The number of anilines is 1. The Hall–Kier alpha value is -3.78. The fraction of sp³-hybridized carbons (Fsp3) is 0.486. The Balaban J connectivity index is 1.13. The molecule has 6 unspecified atom stereocenters. The van der Waals surface area contributed by atoms with Crippen LogP contribution in [0.1, 0.15) is 54.5 Å². The summed E-state index contributed by atoms with van der Waals surface area (Å²) in [7, 11) is 0. The predicted octanol–water partition coefficient (Wildman–Crippen LogP) is 5.92. The van der Waals surface area contributed by atoms with E-state index in [9.17, 15) is 32.3 Å². The zero-order valence-electron chi connectivity index (χ0n) is 26.5. The highest BCUT2D eigenvalue weighted by Gasteiger charge is 2.70. The van der Waals surface area contributed by atoms with Gasteiger partial charge in [-0.2, -0.15) is 13.2 Å². The van der Waals surface area contributed by atoms with Crippen LogP contribution in [0.3, 0.4) is 0 Å². The van der Waals surface area contributed by atoms with E-state index in [4.69, 9.17) is 9.47 Å². The molecule has 2 aromatic carbocycles. The maximum atomic E-state index is 14.1. The molecule has 14 heteroatoms. The van der Waals surface area contributed by atoms with Gasteiger partial charge in [-0.15, -0.1) is 11.8 Å². The van der Waals surface area contributed by atoms with Gasteiger partial charge in [0.25, 0.3) is 5.91 Å². The standard InChI is InChI=1S/C35H34F3N3O6S2/c1-2-46-23-14-17(10-11-22(23)47-16-24(42)40-12-6-3-7-13-40)25-26-18-15-19(29(26)48-31-30(25)49-34(45)39-31)28-27(18)32(43)41(33(28)44)21-9-5-4-8-20(21)35(36,37)38/h4-5,8-11,14,18-19,25-29H,2-3,6-7,12-13,15-16H2,1H3,(H,39,45)/t18?,19?,25-,26?,27?,28?,29?/m1/s1. The van der Waals surface area contributed by atoms with Crippen LogP contribution in [-0.2, 0) is 20.6 Å². The second-order valence-corrected chi connectivity index (χ2v) is 15.6. The van der Waals surface area contributed by atoms with E-state index in [0.29, 0.717) is 42.6 Å². The van der Waals surface area contributed by atoms with Gasteiger partial charge >= 0.3 is 11.0 Å². The monoisotopic (exact) mass is 713 g/mol. The second-order valence-electron chi connectivity index (χ2n) is 13.4. The van der Waals surface area contributed by atoms with E-state index in [-0.39, 0.29) is 46.3 Å². The van der Waals surface area contributed by atoms with Crippen molar-refractivity contribution in [2.45, 2.75) is 55.0 Å². The molecule has 5 aliphatic rings. The zero-order valence-corrected chi connectivity index (χ0v) is 28.2. The molecule has 2 saturated heterocycles. The summed E-state index contributed by atoms with van der Waals surface area (Å²) in [6.45, 7) is 3.50. The molecule has 2 bridgehead atoms. The number of para-hydroxylation sites is 1. The molecule has 1 aromatic heterocycles. The number of piperidine rings is 1. The summed E-state index contributed by atoms with van der Waals surface area (Å²) >= 11 is 2.61. The van der Waals surface area contributed by atoms with Crippen LogP contribution in [0.4, 0.5) is 18.9 Å². The molecule has 8 rings (SSSR count). The number of aromatic nitrogens is 1. The van der Waals surface area contributed by atoms with E-state index < -0.39 is 41.1 Å². The molecule has 9 nitrogen and oxygen atoms in total. The smallest absolute Gasteiger partial charge is 0.418 e. The maximum Gasteiger partial charge on any atom is 0.418 e. The topological polar surface area (TPSA) is 109 Å². The summed E-state index contributed by atoms with van der Waals surface area (Å²) in [6.07, 6.45) is -1.09. The first kappa shape index (κ1) is 32.4. The summed E-state index contributed by atoms with van der Waals surface area (Å²) in [5, 5.41) is 0.573. The van der Waals surface area contributed by atoms with Crippen LogP contribution in [0, 0.1) is 29.6 Å². The Morgan fingerprint density at radius 1 is 0.959 bits per heavy atom. The number of ether oxygens (including phenoxy) is 2. The van der Waals surface area contributed by atoms with Crippen molar-refractivity contribution >= 4 is 46.5 Å². The van der Waals surface area contributed by atoms with Gasteiger partial charge in [-0.1, -0.05) is 29.5 Å². The average Bonchev–Trinajstić information content (AvgIpc) is 3.82. The molecule has 4 heterocycles. The van der Waals surface area contributed by atoms with Gasteiger partial charge in [-0.3, -0.25) is 19.2 Å². The third-order valence-electron chi connectivity index (χ3n) is 10.9. The lowest BCUT2D eigenvalue weighted by Gasteiger charge is -2.43. The van der Waals surface area contributed by atoms with Crippen LogP contribution in [-0.4, -0.2) is 59.2 Å². The lowest BCUT2D eigenvalue weighted by atomic mass is 9.68. The number of amides is 3. The van der Waals surface area contributed by atoms with Crippen molar-refractivity contribution < 1.29 is 37.0 Å². The van der Waals surface area contributed by atoms with Crippen LogP contribution in [0.2, 0.25) is 0 Å². The molecule has 0 radical (unpaired) electrons. The highest BCUT2D eigenvalue weighted by atomic mass is 32.2. The Morgan fingerprint density at radius 2 is 1.69 bits per heavy atom. The number of carbonyl (C=O) groups excluding carboxylic acids is 3.